The Kier molecular flexibility index (Phi) is 4.20. The molecule has 0 fully saturated rings. The molecule has 2 rings (SSSR count). The molecule has 18 heavy (non-hydrogen) atoms. The van der Waals surface area contributed by atoms with Crippen molar-refractivity contribution in [3.8, 4) is 5.75 Å². The first kappa shape index (κ1) is 12.9. The van der Waals surface area contributed by atoms with Gasteiger partial charge in [0.25, 0.3) is 0 Å². The summed E-state index contributed by atoms with van der Waals surface area (Å²) < 4.78 is 19.2. The molecule has 0 saturated heterocycles. The second-order valence-corrected chi connectivity index (χ2v) is 4.68. The summed E-state index contributed by atoms with van der Waals surface area (Å²) in [6, 6.07) is 12.2. The van der Waals surface area contributed by atoms with Crippen molar-refractivity contribution in [1.82, 2.24) is 0 Å². The molecule has 0 spiro atoms. The first-order chi connectivity index (χ1) is 8.69. The van der Waals surface area contributed by atoms with E-state index in [0.29, 0.717) is 6.54 Å². The van der Waals surface area contributed by atoms with Crippen molar-refractivity contribution < 1.29 is 9.13 Å². The van der Waals surface area contributed by atoms with E-state index in [2.05, 4.69) is 21.2 Å². The Morgan fingerprint density at radius 2 is 2.06 bits per heavy atom. The topological polar surface area (TPSA) is 21.3 Å². The van der Waals surface area contributed by atoms with Gasteiger partial charge in [-0.3, -0.25) is 0 Å². The number of hydrogen-bond acceptors (Lipinski definition) is 2. The summed E-state index contributed by atoms with van der Waals surface area (Å²) in [6.07, 6.45) is 0. The van der Waals surface area contributed by atoms with Gasteiger partial charge in [-0.1, -0.05) is 22.0 Å². The summed E-state index contributed by atoms with van der Waals surface area (Å²) in [5, 5.41) is 3.17. The number of rotatable bonds is 4. The summed E-state index contributed by atoms with van der Waals surface area (Å²) >= 11 is 3.48. The molecule has 0 atom stereocenters. The molecule has 0 aliphatic rings. The van der Waals surface area contributed by atoms with Gasteiger partial charge in [-0.15, -0.1) is 0 Å². The molecule has 0 bridgehead atoms. The van der Waals surface area contributed by atoms with Crippen LogP contribution < -0.4 is 10.1 Å². The number of nitrogens with one attached hydrogen (secondary N) is 1. The van der Waals surface area contributed by atoms with Crippen molar-refractivity contribution in [3.05, 3.63) is 58.3 Å². The third-order valence-electron chi connectivity index (χ3n) is 2.56. The highest BCUT2D eigenvalue weighted by Crippen LogP contribution is 2.23. The van der Waals surface area contributed by atoms with E-state index in [4.69, 9.17) is 4.74 Å². The molecule has 2 aromatic carbocycles. The van der Waals surface area contributed by atoms with Crippen LogP contribution in [-0.4, -0.2) is 7.11 Å². The smallest absolute Gasteiger partial charge is 0.125 e. The van der Waals surface area contributed by atoms with Crippen LogP contribution in [0.3, 0.4) is 0 Å². The minimum atomic E-state index is -0.246. The highest BCUT2D eigenvalue weighted by atomic mass is 79.9. The summed E-state index contributed by atoms with van der Waals surface area (Å²) in [6.45, 7) is 0.598. The lowest BCUT2D eigenvalue weighted by Crippen LogP contribution is -2.00. The van der Waals surface area contributed by atoms with Crippen LogP contribution in [0.5, 0.6) is 5.75 Å². The van der Waals surface area contributed by atoms with Crippen LogP contribution in [0.2, 0.25) is 0 Å². The monoisotopic (exact) mass is 309 g/mol. The zero-order valence-electron chi connectivity index (χ0n) is 9.91. The summed E-state index contributed by atoms with van der Waals surface area (Å²) in [5.74, 6) is 0.555. The third-order valence-corrected chi connectivity index (χ3v) is 3.33. The van der Waals surface area contributed by atoms with Crippen molar-refractivity contribution in [3.63, 3.8) is 0 Å². The van der Waals surface area contributed by atoms with E-state index in [1.165, 1.54) is 12.1 Å². The normalized spacial score (nSPS) is 10.2. The Morgan fingerprint density at radius 3 is 2.78 bits per heavy atom. The van der Waals surface area contributed by atoms with Gasteiger partial charge < -0.3 is 10.1 Å². The maximum absolute atomic E-state index is 13.0. The molecule has 94 valence electrons. The molecule has 4 heteroatoms. The van der Waals surface area contributed by atoms with E-state index < -0.39 is 0 Å². The lowest BCUT2D eigenvalue weighted by molar-refractivity contribution is 0.414. The molecule has 0 radical (unpaired) electrons. The van der Waals surface area contributed by atoms with Crippen LogP contribution >= 0.6 is 15.9 Å². The average molecular weight is 310 g/mol. The van der Waals surface area contributed by atoms with Gasteiger partial charge >= 0.3 is 0 Å². The number of benzene rings is 2. The number of hydrogen-bond donors (Lipinski definition) is 1. The second kappa shape index (κ2) is 5.87. The first-order valence-corrected chi connectivity index (χ1v) is 6.30. The lowest BCUT2D eigenvalue weighted by atomic mass is 10.2. The molecule has 2 aromatic rings. The van der Waals surface area contributed by atoms with E-state index in [9.17, 15) is 4.39 Å². The highest BCUT2D eigenvalue weighted by molar-refractivity contribution is 9.10. The molecule has 1 N–H and O–H groups in total. The van der Waals surface area contributed by atoms with Gasteiger partial charge in [0.05, 0.1) is 7.11 Å². The zero-order chi connectivity index (χ0) is 13.0. The maximum atomic E-state index is 13.0. The first-order valence-electron chi connectivity index (χ1n) is 5.51. The van der Waals surface area contributed by atoms with E-state index >= 15 is 0 Å². The Bertz CT molecular complexity index is 545. The quantitative estimate of drug-likeness (QED) is 0.913. The van der Waals surface area contributed by atoms with E-state index in [1.54, 1.807) is 13.2 Å². The minimum Gasteiger partial charge on any atom is -0.497 e. The number of methoxy groups -OCH3 is 1. The van der Waals surface area contributed by atoms with E-state index in [-0.39, 0.29) is 5.82 Å². The largest absolute Gasteiger partial charge is 0.497 e. The van der Waals surface area contributed by atoms with Crippen LogP contribution in [0.15, 0.2) is 46.9 Å². The van der Waals surface area contributed by atoms with Crippen molar-refractivity contribution >= 4 is 21.6 Å². The SMILES string of the molecule is COc1ccc(Br)c(CNc2cccc(F)c2)c1. The van der Waals surface area contributed by atoms with Crippen LogP contribution in [0.25, 0.3) is 0 Å². The fourth-order valence-electron chi connectivity index (χ4n) is 1.61. The van der Waals surface area contributed by atoms with Gasteiger partial charge in [0.1, 0.15) is 11.6 Å². The summed E-state index contributed by atoms with van der Waals surface area (Å²) in [7, 11) is 1.63. The predicted molar refractivity (Wildman–Crippen MR) is 74.4 cm³/mol. The Balaban J connectivity index is 2.10. The number of ether oxygens (including phenoxy) is 1. The Morgan fingerprint density at radius 1 is 1.22 bits per heavy atom. The summed E-state index contributed by atoms with van der Waals surface area (Å²) in [5.41, 5.74) is 1.81. The highest BCUT2D eigenvalue weighted by Gasteiger charge is 2.02. The van der Waals surface area contributed by atoms with E-state index in [0.717, 1.165) is 21.5 Å². The van der Waals surface area contributed by atoms with Crippen LogP contribution in [-0.2, 0) is 6.54 Å². The van der Waals surface area contributed by atoms with Gasteiger partial charge in [-0.2, -0.15) is 0 Å². The van der Waals surface area contributed by atoms with Gasteiger partial charge in [0.15, 0.2) is 0 Å². The van der Waals surface area contributed by atoms with Crippen molar-refractivity contribution in [2.75, 3.05) is 12.4 Å². The van der Waals surface area contributed by atoms with Gasteiger partial charge in [0, 0.05) is 16.7 Å². The third kappa shape index (κ3) is 3.23. The summed E-state index contributed by atoms with van der Waals surface area (Å²) in [4.78, 5) is 0. The second-order valence-electron chi connectivity index (χ2n) is 3.82. The van der Waals surface area contributed by atoms with Crippen molar-refractivity contribution in [2.24, 2.45) is 0 Å². The van der Waals surface area contributed by atoms with Crippen LogP contribution in [0, 0.1) is 5.82 Å². The average Bonchev–Trinajstić information content (AvgIpc) is 2.38. The van der Waals surface area contributed by atoms with Crippen LogP contribution in [0.1, 0.15) is 5.56 Å². The molecule has 0 aliphatic heterocycles. The number of anilines is 1. The molecule has 0 saturated carbocycles. The Labute approximate surface area is 114 Å². The molecule has 0 heterocycles. The molecular formula is C14H13BrFNO. The standard InChI is InChI=1S/C14H13BrFNO/c1-18-13-5-6-14(15)10(7-13)9-17-12-4-2-3-11(16)8-12/h2-8,17H,9H2,1H3. The molecule has 0 amide bonds. The zero-order valence-corrected chi connectivity index (χ0v) is 11.5. The minimum absolute atomic E-state index is 0.246. The van der Waals surface area contributed by atoms with Gasteiger partial charge in [-0.25, -0.2) is 4.39 Å². The maximum Gasteiger partial charge on any atom is 0.125 e. The molecule has 0 aliphatic carbocycles. The fourth-order valence-corrected chi connectivity index (χ4v) is 2.00. The number of halogens is 2. The van der Waals surface area contributed by atoms with E-state index in [1.807, 2.05) is 24.3 Å². The van der Waals surface area contributed by atoms with Crippen molar-refractivity contribution in [2.45, 2.75) is 6.54 Å². The molecule has 2 nitrogen and oxygen atoms in total. The fraction of sp³-hybridized carbons (Fsp3) is 0.143. The van der Waals surface area contributed by atoms with Gasteiger partial charge in [-0.05, 0) is 42.0 Å². The van der Waals surface area contributed by atoms with Crippen LogP contribution in [0.4, 0.5) is 10.1 Å². The predicted octanol–water partition coefficient (Wildman–Crippen LogP) is 4.21. The molecule has 0 unspecified atom stereocenters. The van der Waals surface area contributed by atoms with Crippen molar-refractivity contribution in [1.29, 1.82) is 0 Å². The lowest BCUT2D eigenvalue weighted by Gasteiger charge is -2.10. The van der Waals surface area contributed by atoms with Gasteiger partial charge in [0.2, 0.25) is 0 Å². The molecule has 0 aromatic heterocycles. The Hall–Kier alpha value is -1.55. The molecular weight excluding hydrogens is 297 g/mol.